The van der Waals surface area contributed by atoms with Crippen LogP contribution in [0.5, 0.6) is 0 Å². The van der Waals surface area contributed by atoms with Crippen molar-refractivity contribution in [2.75, 3.05) is 23.7 Å². The van der Waals surface area contributed by atoms with Crippen LogP contribution in [0, 0.1) is 9.39 Å². The van der Waals surface area contributed by atoms with Gasteiger partial charge in [0.2, 0.25) is 0 Å². The molecule has 0 amide bonds. The van der Waals surface area contributed by atoms with E-state index in [0.717, 1.165) is 0 Å². The highest BCUT2D eigenvalue weighted by atomic mass is 127. The van der Waals surface area contributed by atoms with Gasteiger partial charge in [-0.3, -0.25) is 0 Å². The second-order valence-corrected chi connectivity index (χ2v) is 5.81. The van der Waals surface area contributed by atoms with E-state index in [-0.39, 0.29) is 5.82 Å². The number of rotatable bonds is 4. The molecule has 1 rings (SSSR count). The minimum absolute atomic E-state index is 0.288. The molecule has 0 atom stereocenters. The number of aliphatic hydroxyl groups is 1. The van der Waals surface area contributed by atoms with Crippen LogP contribution in [0.4, 0.5) is 15.8 Å². The quantitative estimate of drug-likeness (QED) is 0.647. The second-order valence-electron chi connectivity index (χ2n) is 4.65. The average molecular weight is 352 g/mol. The molecule has 0 saturated heterocycles. The number of halogens is 2. The number of nitrogens with zero attached hydrogens (tertiary/aromatic N) is 1. The van der Waals surface area contributed by atoms with E-state index in [4.69, 9.17) is 5.73 Å². The first-order chi connectivity index (χ1) is 7.74. The molecule has 0 heterocycles. The maximum absolute atomic E-state index is 13.5. The number of nitrogen functional groups attached to an aromatic ring is 1. The van der Waals surface area contributed by atoms with Gasteiger partial charge in [0, 0.05) is 19.2 Å². The SMILES string of the molecule is CCN(CC(C)(C)O)c1cc(F)c(I)cc1N. The molecular formula is C12H18FIN2O. The van der Waals surface area contributed by atoms with Gasteiger partial charge in [-0.1, -0.05) is 0 Å². The first-order valence-corrected chi connectivity index (χ1v) is 6.54. The van der Waals surface area contributed by atoms with Crippen LogP contribution in [0.2, 0.25) is 0 Å². The van der Waals surface area contributed by atoms with Gasteiger partial charge in [0.1, 0.15) is 5.82 Å². The summed E-state index contributed by atoms with van der Waals surface area (Å²) < 4.78 is 14.0. The maximum Gasteiger partial charge on any atom is 0.138 e. The summed E-state index contributed by atoms with van der Waals surface area (Å²) in [6.45, 7) is 6.45. The lowest BCUT2D eigenvalue weighted by Gasteiger charge is -2.30. The van der Waals surface area contributed by atoms with Crippen LogP contribution in [0.3, 0.4) is 0 Å². The Morgan fingerprint density at radius 1 is 1.47 bits per heavy atom. The number of benzene rings is 1. The molecule has 1 aromatic carbocycles. The number of hydrogen-bond acceptors (Lipinski definition) is 3. The van der Waals surface area contributed by atoms with Crippen LogP contribution in [-0.4, -0.2) is 23.8 Å². The summed E-state index contributed by atoms with van der Waals surface area (Å²) in [5, 5.41) is 9.82. The smallest absolute Gasteiger partial charge is 0.138 e. The molecule has 1 aromatic rings. The lowest BCUT2D eigenvalue weighted by Crippen LogP contribution is -2.39. The third-order valence-electron chi connectivity index (χ3n) is 2.37. The minimum atomic E-state index is -0.845. The van der Waals surface area contributed by atoms with Gasteiger partial charge in [-0.05, 0) is 49.4 Å². The summed E-state index contributed by atoms with van der Waals surface area (Å²) >= 11 is 1.91. The minimum Gasteiger partial charge on any atom is -0.397 e. The Morgan fingerprint density at radius 3 is 2.53 bits per heavy atom. The molecule has 17 heavy (non-hydrogen) atoms. The van der Waals surface area contributed by atoms with Crippen molar-refractivity contribution < 1.29 is 9.50 Å². The van der Waals surface area contributed by atoms with E-state index < -0.39 is 5.60 Å². The van der Waals surface area contributed by atoms with Crippen LogP contribution in [0.1, 0.15) is 20.8 Å². The van der Waals surface area contributed by atoms with Crippen molar-refractivity contribution in [1.29, 1.82) is 0 Å². The van der Waals surface area contributed by atoms with Crippen molar-refractivity contribution in [3.63, 3.8) is 0 Å². The third-order valence-corrected chi connectivity index (χ3v) is 3.20. The van der Waals surface area contributed by atoms with Crippen LogP contribution >= 0.6 is 22.6 Å². The molecule has 0 aromatic heterocycles. The van der Waals surface area contributed by atoms with E-state index in [1.807, 2.05) is 34.4 Å². The summed E-state index contributed by atoms with van der Waals surface area (Å²) in [4.78, 5) is 1.87. The fraction of sp³-hybridized carbons (Fsp3) is 0.500. The van der Waals surface area contributed by atoms with E-state index in [1.54, 1.807) is 19.9 Å². The van der Waals surface area contributed by atoms with Crippen LogP contribution in [0.25, 0.3) is 0 Å². The Morgan fingerprint density at radius 2 is 2.06 bits per heavy atom. The average Bonchev–Trinajstić information content (AvgIpc) is 2.19. The molecule has 0 aliphatic rings. The van der Waals surface area contributed by atoms with Gasteiger partial charge in [-0.2, -0.15) is 0 Å². The van der Waals surface area contributed by atoms with Crippen molar-refractivity contribution in [3.05, 3.63) is 21.5 Å². The lowest BCUT2D eigenvalue weighted by atomic mass is 10.1. The van der Waals surface area contributed by atoms with Gasteiger partial charge in [0.25, 0.3) is 0 Å². The number of likely N-dealkylation sites (N-methyl/N-ethyl adjacent to an activating group) is 1. The van der Waals surface area contributed by atoms with Gasteiger partial charge >= 0.3 is 0 Å². The van der Waals surface area contributed by atoms with Crippen molar-refractivity contribution >= 4 is 34.0 Å². The molecule has 96 valence electrons. The van der Waals surface area contributed by atoms with E-state index in [0.29, 0.717) is 28.0 Å². The zero-order chi connectivity index (χ0) is 13.2. The van der Waals surface area contributed by atoms with Gasteiger partial charge < -0.3 is 15.7 Å². The molecule has 0 saturated carbocycles. The Labute approximate surface area is 115 Å². The molecule has 0 aliphatic heterocycles. The van der Waals surface area contributed by atoms with Gasteiger partial charge in [-0.15, -0.1) is 0 Å². The van der Waals surface area contributed by atoms with E-state index in [2.05, 4.69) is 0 Å². The molecule has 3 N–H and O–H groups in total. The van der Waals surface area contributed by atoms with Gasteiger partial charge in [0.15, 0.2) is 0 Å². The first-order valence-electron chi connectivity index (χ1n) is 5.46. The van der Waals surface area contributed by atoms with Crippen molar-refractivity contribution in [2.24, 2.45) is 0 Å². The Hall–Kier alpha value is -0.560. The molecule has 0 unspecified atom stereocenters. The molecule has 0 bridgehead atoms. The highest BCUT2D eigenvalue weighted by Gasteiger charge is 2.20. The first kappa shape index (κ1) is 14.5. The molecule has 5 heteroatoms. The topological polar surface area (TPSA) is 49.5 Å². The standard InChI is InChI=1S/C12H18FIN2O/c1-4-16(7-12(2,3)17)11-5-8(13)9(14)6-10(11)15/h5-6,17H,4,7,15H2,1-3H3. The van der Waals surface area contributed by atoms with Crippen molar-refractivity contribution in [1.82, 2.24) is 0 Å². The monoisotopic (exact) mass is 352 g/mol. The van der Waals surface area contributed by atoms with Crippen molar-refractivity contribution in [2.45, 2.75) is 26.4 Å². The number of nitrogens with two attached hydrogens (primary N) is 1. The summed E-state index contributed by atoms with van der Waals surface area (Å²) in [7, 11) is 0. The molecule has 3 nitrogen and oxygen atoms in total. The van der Waals surface area contributed by atoms with E-state index in [9.17, 15) is 9.50 Å². The normalized spacial score (nSPS) is 11.6. The second kappa shape index (κ2) is 5.39. The number of anilines is 2. The summed E-state index contributed by atoms with van der Waals surface area (Å²) in [6.07, 6.45) is 0. The summed E-state index contributed by atoms with van der Waals surface area (Å²) in [6, 6.07) is 3.03. The van der Waals surface area contributed by atoms with Gasteiger partial charge in [0.05, 0.1) is 20.5 Å². The highest BCUT2D eigenvalue weighted by molar-refractivity contribution is 14.1. The zero-order valence-corrected chi connectivity index (χ0v) is 12.5. The van der Waals surface area contributed by atoms with Crippen LogP contribution in [-0.2, 0) is 0 Å². The molecule has 0 spiro atoms. The zero-order valence-electron chi connectivity index (χ0n) is 10.3. The molecular weight excluding hydrogens is 334 g/mol. The van der Waals surface area contributed by atoms with Gasteiger partial charge in [-0.25, -0.2) is 4.39 Å². The Balaban J connectivity index is 3.08. The van der Waals surface area contributed by atoms with Crippen LogP contribution < -0.4 is 10.6 Å². The predicted octanol–water partition coefficient (Wildman–Crippen LogP) is 2.61. The Bertz CT molecular complexity index is 404. The molecule has 0 aliphatic carbocycles. The Kier molecular flexibility index (Phi) is 4.60. The fourth-order valence-electron chi connectivity index (χ4n) is 1.66. The molecule has 0 radical (unpaired) electrons. The third kappa shape index (κ3) is 3.99. The highest BCUT2D eigenvalue weighted by Crippen LogP contribution is 2.28. The summed E-state index contributed by atoms with van der Waals surface area (Å²) in [5.41, 5.74) is 6.21. The fourth-order valence-corrected chi connectivity index (χ4v) is 2.15. The maximum atomic E-state index is 13.5. The largest absolute Gasteiger partial charge is 0.397 e. The lowest BCUT2D eigenvalue weighted by molar-refractivity contribution is 0.0876. The van der Waals surface area contributed by atoms with Crippen LogP contribution in [0.15, 0.2) is 12.1 Å². The summed E-state index contributed by atoms with van der Waals surface area (Å²) in [5.74, 6) is -0.288. The molecule has 0 fully saturated rings. The predicted molar refractivity (Wildman–Crippen MR) is 77.7 cm³/mol. The van der Waals surface area contributed by atoms with E-state index >= 15 is 0 Å². The number of hydrogen-bond donors (Lipinski definition) is 2. The van der Waals surface area contributed by atoms with Crippen molar-refractivity contribution in [3.8, 4) is 0 Å². The van der Waals surface area contributed by atoms with E-state index in [1.165, 1.54) is 6.07 Å².